The molecular weight excluding hydrogens is 316 g/mol. The molecule has 0 spiro atoms. The maximum atomic E-state index is 13.3. The molecule has 0 aliphatic rings. The highest BCUT2D eigenvalue weighted by atomic mass is 16.6. The van der Waals surface area contributed by atoms with Gasteiger partial charge in [0.15, 0.2) is 5.54 Å². The monoisotopic (exact) mass is 338 g/mol. The fourth-order valence-electron chi connectivity index (χ4n) is 2.84. The molecule has 0 saturated heterocycles. The van der Waals surface area contributed by atoms with E-state index in [0.29, 0.717) is 11.1 Å². The molecule has 0 aliphatic heterocycles. The summed E-state index contributed by atoms with van der Waals surface area (Å²) in [6, 6.07) is 16.8. The molecule has 130 valence electrons. The van der Waals surface area contributed by atoms with Crippen molar-refractivity contribution in [2.75, 3.05) is 6.54 Å². The average molecular weight is 338 g/mol. The Morgan fingerprint density at radius 3 is 2.36 bits per heavy atom. The number of benzene rings is 2. The molecule has 0 aliphatic carbocycles. The Kier molecular flexibility index (Phi) is 4.30. The van der Waals surface area contributed by atoms with E-state index in [1.54, 1.807) is 4.68 Å². The van der Waals surface area contributed by atoms with Gasteiger partial charge in [0.2, 0.25) is 0 Å². The molecule has 6 heteroatoms. The molecule has 0 unspecified atom stereocenters. The minimum absolute atomic E-state index is 0.000713. The summed E-state index contributed by atoms with van der Waals surface area (Å²) in [5, 5.41) is 8.44. The largest absolute Gasteiger partial charge is 0.458 e. The summed E-state index contributed by atoms with van der Waals surface area (Å²) in [6.45, 7) is 5.49. The lowest BCUT2D eigenvalue weighted by Gasteiger charge is -2.34. The Bertz CT molecular complexity index is 883. The number of hydrogen-bond acceptors (Lipinski definition) is 5. The van der Waals surface area contributed by atoms with Gasteiger partial charge < -0.3 is 10.5 Å². The van der Waals surface area contributed by atoms with Crippen molar-refractivity contribution in [2.45, 2.75) is 31.9 Å². The van der Waals surface area contributed by atoms with E-state index in [2.05, 4.69) is 10.3 Å². The number of nitrogens with two attached hydrogens (primary N) is 1. The number of hydrogen-bond donors (Lipinski definition) is 1. The molecule has 2 N–H and O–H groups in total. The van der Waals surface area contributed by atoms with Gasteiger partial charge in [0, 0.05) is 6.54 Å². The van der Waals surface area contributed by atoms with Crippen LogP contribution in [0.5, 0.6) is 0 Å². The van der Waals surface area contributed by atoms with Crippen LogP contribution < -0.4 is 5.73 Å². The van der Waals surface area contributed by atoms with Crippen molar-refractivity contribution in [3.8, 4) is 0 Å². The molecule has 25 heavy (non-hydrogen) atoms. The van der Waals surface area contributed by atoms with Gasteiger partial charge in [-0.15, -0.1) is 5.10 Å². The highest BCUT2D eigenvalue weighted by Crippen LogP contribution is 2.31. The summed E-state index contributed by atoms with van der Waals surface area (Å²) in [4.78, 5) is 13.3. The fourth-order valence-corrected chi connectivity index (χ4v) is 2.84. The van der Waals surface area contributed by atoms with Crippen LogP contribution in [0.25, 0.3) is 11.0 Å². The SMILES string of the molecule is CC(C)(C)OC(=O)[C@@](CN)(c1ccccc1)n1nnc2ccccc21. The van der Waals surface area contributed by atoms with E-state index < -0.39 is 17.1 Å². The van der Waals surface area contributed by atoms with Crippen LogP contribution in [0.3, 0.4) is 0 Å². The van der Waals surface area contributed by atoms with Crippen LogP contribution in [-0.4, -0.2) is 33.1 Å². The first-order chi connectivity index (χ1) is 11.9. The highest BCUT2D eigenvalue weighted by Gasteiger charge is 2.46. The van der Waals surface area contributed by atoms with Gasteiger partial charge in [0.05, 0.1) is 5.52 Å². The van der Waals surface area contributed by atoms with Crippen LogP contribution in [0.4, 0.5) is 0 Å². The highest BCUT2D eigenvalue weighted by molar-refractivity contribution is 5.87. The Morgan fingerprint density at radius 1 is 1.08 bits per heavy atom. The first-order valence-corrected chi connectivity index (χ1v) is 8.18. The van der Waals surface area contributed by atoms with Gasteiger partial charge in [0.25, 0.3) is 0 Å². The molecular formula is C19H22N4O2. The number of carbonyl (C=O) groups excluding carboxylic acids is 1. The molecule has 1 aromatic heterocycles. The quantitative estimate of drug-likeness (QED) is 0.739. The Balaban J connectivity index is 2.27. The third-order valence-corrected chi connectivity index (χ3v) is 4.00. The summed E-state index contributed by atoms with van der Waals surface area (Å²) < 4.78 is 7.29. The van der Waals surface area contributed by atoms with E-state index in [4.69, 9.17) is 10.5 Å². The summed E-state index contributed by atoms with van der Waals surface area (Å²) >= 11 is 0. The number of para-hydroxylation sites is 1. The third-order valence-electron chi connectivity index (χ3n) is 4.00. The van der Waals surface area contributed by atoms with Crippen LogP contribution in [0.2, 0.25) is 0 Å². The van der Waals surface area contributed by atoms with E-state index in [1.165, 1.54) is 0 Å². The molecule has 3 rings (SSSR count). The van der Waals surface area contributed by atoms with Gasteiger partial charge in [-0.3, -0.25) is 0 Å². The minimum Gasteiger partial charge on any atom is -0.458 e. The van der Waals surface area contributed by atoms with Crippen molar-refractivity contribution in [1.29, 1.82) is 0 Å². The Morgan fingerprint density at radius 2 is 1.72 bits per heavy atom. The normalized spacial score (nSPS) is 14.2. The van der Waals surface area contributed by atoms with Crippen molar-refractivity contribution in [1.82, 2.24) is 15.0 Å². The number of fused-ring (bicyclic) bond motifs is 1. The van der Waals surface area contributed by atoms with Gasteiger partial charge in [-0.2, -0.15) is 0 Å². The Hall–Kier alpha value is -2.73. The zero-order chi connectivity index (χ0) is 18.1. The van der Waals surface area contributed by atoms with Gasteiger partial charge in [-0.05, 0) is 38.5 Å². The molecule has 1 heterocycles. The summed E-state index contributed by atoms with van der Waals surface area (Å²) in [7, 11) is 0. The lowest BCUT2D eigenvalue weighted by molar-refractivity contribution is -0.163. The van der Waals surface area contributed by atoms with Crippen LogP contribution in [-0.2, 0) is 15.1 Å². The number of ether oxygens (including phenoxy) is 1. The molecule has 0 saturated carbocycles. The zero-order valence-corrected chi connectivity index (χ0v) is 14.6. The number of rotatable bonds is 4. The van der Waals surface area contributed by atoms with E-state index >= 15 is 0 Å². The molecule has 6 nitrogen and oxygen atoms in total. The smallest absolute Gasteiger partial charge is 0.340 e. The minimum atomic E-state index is -1.29. The first kappa shape index (κ1) is 17.1. The van der Waals surface area contributed by atoms with Crippen molar-refractivity contribution in [3.05, 3.63) is 60.2 Å². The van der Waals surface area contributed by atoms with Gasteiger partial charge in [0.1, 0.15) is 11.1 Å². The van der Waals surface area contributed by atoms with E-state index in [0.717, 1.165) is 5.52 Å². The van der Waals surface area contributed by atoms with E-state index in [9.17, 15) is 4.79 Å². The van der Waals surface area contributed by atoms with Crippen LogP contribution in [0.15, 0.2) is 54.6 Å². The standard InChI is InChI=1S/C19H22N4O2/c1-18(2,3)25-17(24)19(13-20,14-9-5-4-6-10-14)23-16-12-8-7-11-15(16)21-22-23/h4-12H,13,20H2,1-3H3/t19-/m1/s1. The molecule has 2 aromatic carbocycles. The van der Waals surface area contributed by atoms with Gasteiger partial charge in [-0.1, -0.05) is 47.7 Å². The van der Waals surface area contributed by atoms with Crippen LogP contribution >= 0.6 is 0 Å². The summed E-state index contributed by atoms with van der Waals surface area (Å²) in [5.74, 6) is -0.454. The maximum Gasteiger partial charge on any atom is 0.340 e. The van der Waals surface area contributed by atoms with E-state index in [-0.39, 0.29) is 6.54 Å². The fraction of sp³-hybridized carbons (Fsp3) is 0.316. The lowest BCUT2D eigenvalue weighted by Crippen LogP contribution is -2.52. The first-order valence-electron chi connectivity index (χ1n) is 8.18. The second-order valence-electron chi connectivity index (χ2n) is 6.92. The van der Waals surface area contributed by atoms with Gasteiger partial charge in [-0.25, -0.2) is 9.48 Å². The molecule has 0 fully saturated rings. The molecule has 3 aromatic rings. The second-order valence-corrected chi connectivity index (χ2v) is 6.92. The zero-order valence-electron chi connectivity index (χ0n) is 14.6. The van der Waals surface area contributed by atoms with Crippen molar-refractivity contribution < 1.29 is 9.53 Å². The number of esters is 1. The van der Waals surface area contributed by atoms with Crippen molar-refractivity contribution in [2.24, 2.45) is 5.73 Å². The maximum absolute atomic E-state index is 13.3. The number of carbonyl (C=O) groups is 1. The van der Waals surface area contributed by atoms with E-state index in [1.807, 2.05) is 75.4 Å². The molecule has 1 atom stereocenters. The van der Waals surface area contributed by atoms with Gasteiger partial charge >= 0.3 is 5.97 Å². The topological polar surface area (TPSA) is 83.0 Å². The summed E-state index contributed by atoms with van der Waals surface area (Å²) in [6.07, 6.45) is 0. The number of aromatic nitrogens is 3. The average Bonchev–Trinajstić information content (AvgIpc) is 3.00. The van der Waals surface area contributed by atoms with Crippen LogP contribution in [0.1, 0.15) is 26.3 Å². The van der Waals surface area contributed by atoms with Crippen molar-refractivity contribution >= 4 is 17.0 Å². The predicted octanol–water partition coefficient (Wildman–Crippen LogP) is 2.48. The summed E-state index contributed by atoms with van der Waals surface area (Å²) in [5.41, 5.74) is 6.34. The Labute approximate surface area is 146 Å². The number of nitrogens with zero attached hydrogens (tertiary/aromatic N) is 3. The second kappa shape index (κ2) is 6.29. The molecule has 0 amide bonds. The molecule has 0 bridgehead atoms. The molecule has 0 radical (unpaired) electrons. The predicted molar refractivity (Wildman–Crippen MR) is 95.9 cm³/mol. The van der Waals surface area contributed by atoms with Crippen molar-refractivity contribution in [3.63, 3.8) is 0 Å². The third kappa shape index (κ3) is 3.00. The lowest BCUT2D eigenvalue weighted by atomic mass is 9.89. The van der Waals surface area contributed by atoms with Crippen LogP contribution in [0, 0.1) is 0 Å².